The fourth-order valence-electron chi connectivity index (χ4n) is 4.43. The van der Waals surface area contributed by atoms with Crippen molar-refractivity contribution in [3.63, 3.8) is 0 Å². The van der Waals surface area contributed by atoms with Gasteiger partial charge in [0.2, 0.25) is 5.71 Å². The van der Waals surface area contributed by atoms with Gasteiger partial charge in [-0.15, -0.1) is 0 Å². The van der Waals surface area contributed by atoms with Crippen molar-refractivity contribution in [3.8, 4) is 22.4 Å². The lowest BCUT2D eigenvalue weighted by Gasteiger charge is -2.07. The van der Waals surface area contributed by atoms with E-state index < -0.39 is 0 Å². The van der Waals surface area contributed by atoms with Gasteiger partial charge in [0.25, 0.3) is 0 Å². The van der Waals surface area contributed by atoms with Gasteiger partial charge in [-0.3, -0.25) is 4.98 Å². The second kappa shape index (κ2) is 8.03. The van der Waals surface area contributed by atoms with Crippen molar-refractivity contribution >= 4 is 22.1 Å². The summed E-state index contributed by atoms with van der Waals surface area (Å²) in [4.78, 5) is 9.60. The summed E-state index contributed by atoms with van der Waals surface area (Å²) < 4.78 is 6.30. The monoisotopic (exact) mass is 426 g/mol. The largest absolute Gasteiger partial charge is 0.437 e. The Morgan fingerprint density at radius 2 is 1.52 bits per heavy atom. The highest BCUT2D eigenvalue weighted by Crippen LogP contribution is 2.35. The van der Waals surface area contributed by atoms with Crippen LogP contribution in [-0.4, -0.2) is 9.97 Å². The molecule has 0 radical (unpaired) electrons. The Labute approximate surface area is 192 Å². The van der Waals surface area contributed by atoms with E-state index in [0.29, 0.717) is 5.71 Å². The third-order valence-corrected chi connectivity index (χ3v) is 6.15. The summed E-state index contributed by atoms with van der Waals surface area (Å²) in [7, 11) is 0. The zero-order chi connectivity index (χ0) is 22.2. The summed E-state index contributed by atoms with van der Waals surface area (Å²) in [6.07, 6.45) is 2.72. The first-order valence-corrected chi connectivity index (χ1v) is 11.1. The fourth-order valence-corrected chi connectivity index (χ4v) is 4.43. The molecule has 0 fully saturated rings. The van der Waals surface area contributed by atoms with Crippen LogP contribution in [0.25, 0.3) is 44.5 Å². The van der Waals surface area contributed by atoms with Gasteiger partial charge >= 0.3 is 0 Å². The lowest BCUT2D eigenvalue weighted by molar-refractivity contribution is 0.652. The molecule has 3 nitrogen and oxygen atoms in total. The molecule has 33 heavy (non-hydrogen) atoms. The predicted octanol–water partition coefficient (Wildman–Crippen LogP) is 7.61. The second-order valence-electron chi connectivity index (χ2n) is 8.35. The van der Waals surface area contributed by atoms with Gasteiger partial charge < -0.3 is 4.42 Å². The minimum absolute atomic E-state index is 0.669. The first kappa shape index (κ1) is 19.4. The molecule has 158 valence electrons. The topological polar surface area (TPSA) is 38.9 Å². The van der Waals surface area contributed by atoms with E-state index in [1.54, 1.807) is 0 Å². The molecule has 0 amide bonds. The molecular weight excluding hydrogens is 404 g/mol. The van der Waals surface area contributed by atoms with E-state index in [1.165, 1.54) is 16.7 Å². The number of pyridine rings is 2. The van der Waals surface area contributed by atoms with Crippen molar-refractivity contribution in [2.24, 2.45) is 0 Å². The second-order valence-corrected chi connectivity index (χ2v) is 8.35. The Bertz CT molecular complexity index is 1580. The van der Waals surface area contributed by atoms with Gasteiger partial charge in [-0.05, 0) is 47.9 Å². The number of fused-ring (bicyclic) bond motifs is 3. The van der Waals surface area contributed by atoms with Crippen LogP contribution >= 0.6 is 0 Å². The van der Waals surface area contributed by atoms with Crippen molar-refractivity contribution in [2.75, 3.05) is 0 Å². The lowest BCUT2D eigenvalue weighted by Crippen LogP contribution is -1.91. The van der Waals surface area contributed by atoms with Gasteiger partial charge in [0, 0.05) is 40.2 Å². The van der Waals surface area contributed by atoms with Crippen molar-refractivity contribution in [3.05, 3.63) is 120 Å². The highest BCUT2D eigenvalue weighted by molar-refractivity contribution is 6.08. The summed E-state index contributed by atoms with van der Waals surface area (Å²) in [5.41, 5.74) is 9.15. The van der Waals surface area contributed by atoms with Crippen LogP contribution in [-0.2, 0) is 6.42 Å². The van der Waals surface area contributed by atoms with E-state index in [2.05, 4.69) is 97.9 Å². The summed E-state index contributed by atoms with van der Waals surface area (Å²) in [5, 5.41) is 2.09. The lowest BCUT2D eigenvalue weighted by atomic mass is 10.0. The summed E-state index contributed by atoms with van der Waals surface area (Å²) in [6.45, 7) is 2.12. The molecule has 0 atom stereocenters. The van der Waals surface area contributed by atoms with Gasteiger partial charge in [0.05, 0.1) is 5.69 Å². The number of rotatable bonds is 4. The minimum atomic E-state index is 0.669. The minimum Gasteiger partial charge on any atom is -0.437 e. The number of hydrogen-bond donors (Lipinski definition) is 0. The van der Waals surface area contributed by atoms with Gasteiger partial charge in [0.1, 0.15) is 5.58 Å². The molecule has 0 aliphatic rings. The first-order valence-electron chi connectivity index (χ1n) is 11.1. The molecule has 0 unspecified atom stereocenters. The van der Waals surface area contributed by atoms with Crippen LogP contribution in [0.3, 0.4) is 0 Å². The Morgan fingerprint density at radius 3 is 2.33 bits per heavy atom. The van der Waals surface area contributed by atoms with E-state index in [1.807, 2.05) is 12.3 Å². The molecule has 3 heteroatoms. The maximum Gasteiger partial charge on any atom is 0.227 e. The van der Waals surface area contributed by atoms with Crippen LogP contribution < -0.4 is 0 Å². The molecular formula is C30H22N2O. The first-order chi connectivity index (χ1) is 16.3. The summed E-state index contributed by atoms with van der Waals surface area (Å²) in [5.74, 6) is 0. The standard InChI is InChI=1S/C30H22N2O/c1-20-8-5-6-11-24(20)22-14-17-28(31-19-22)27-13-7-12-25-26-16-15-23(32-30(26)33-29(25)27)18-21-9-3-2-4-10-21/h2-17,19H,18H2,1H3. The quantitative estimate of drug-likeness (QED) is 0.291. The fraction of sp³-hybridized carbons (Fsp3) is 0.0667. The normalized spacial score (nSPS) is 11.3. The predicted molar refractivity (Wildman–Crippen MR) is 134 cm³/mol. The Balaban J connectivity index is 1.40. The highest BCUT2D eigenvalue weighted by atomic mass is 16.3. The van der Waals surface area contributed by atoms with Crippen LogP contribution in [0.5, 0.6) is 0 Å². The van der Waals surface area contributed by atoms with Gasteiger partial charge in [0.15, 0.2) is 0 Å². The summed E-state index contributed by atoms with van der Waals surface area (Å²) >= 11 is 0. The molecule has 0 bridgehead atoms. The average molecular weight is 427 g/mol. The molecule has 6 aromatic rings. The molecule has 6 rings (SSSR count). The van der Waals surface area contributed by atoms with E-state index in [0.717, 1.165) is 45.3 Å². The van der Waals surface area contributed by atoms with Crippen LogP contribution in [0.2, 0.25) is 0 Å². The average Bonchev–Trinajstić information content (AvgIpc) is 3.23. The third-order valence-electron chi connectivity index (χ3n) is 6.15. The molecule has 3 aromatic heterocycles. The summed E-state index contributed by atoms with van der Waals surface area (Å²) in [6, 6.07) is 33.4. The van der Waals surface area contributed by atoms with E-state index >= 15 is 0 Å². The van der Waals surface area contributed by atoms with Crippen LogP contribution in [0, 0.1) is 6.92 Å². The number of aromatic nitrogens is 2. The zero-order valence-corrected chi connectivity index (χ0v) is 18.3. The van der Waals surface area contributed by atoms with Crippen LogP contribution in [0.4, 0.5) is 0 Å². The van der Waals surface area contributed by atoms with E-state index in [-0.39, 0.29) is 0 Å². The van der Waals surface area contributed by atoms with E-state index in [4.69, 9.17) is 14.4 Å². The van der Waals surface area contributed by atoms with Crippen molar-refractivity contribution < 1.29 is 4.42 Å². The number of hydrogen-bond acceptors (Lipinski definition) is 3. The van der Waals surface area contributed by atoms with Crippen molar-refractivity contribution in [1.82, 2.24) is 9.97 Å². The van der Waals surface area contributed by atoms with Crippen LogP contribution in [0.1, 0.15) is 16.8 Å². The number of para-hydroxylation sites is 1. The number of aryl methyl sites for hydroxylation is 1. The number of nitrogens with zero attached hydrogens (tertiary/aromatic N) is 2. The smallest absolute Gasteiger partial charge is 0.227 e. The van der Waals surface area contributed by atoms with Crippen LogP contribution in [0.15, 0.2) is 108 Å². The Morgan fingerprint density at radius 1 is 0.697 bits per heavy atom. The van der Waals surface area contributed by atoms with Gasteiger partial charge in [-0.1, -0.05) is 72.8 Å². The molecule has 0 spiro atoms. The molecule has 0 aliphatic heterocycles. The van der Waals surface area contributed by atoms with Gasteiger partial charge in [-0.25, -0.2) is 4.98 Å². The molecule has 0 saturated carbocycles. The molecule has 3 aromatic carbocycles. The van der Waals surface area contributed by atoms with E-state index in [9.17, 15) is 0 Å². The zero-order valence-electron chi connectivity index (χ0n) is 18.3. The molecule has 0 aliphatic carbocycles. The Kier molecular flexibility index (Phi) is 4.73. The number of furan rings is 1. The molecule has 3 heterocycles. The SMILES string of the molecule is Cc1ccccc1-c1ccc(-c2cccc3c2oc2nc(Cc4ccccc4)ccc23)nc1. The molecule has 0 N–H and O–H groups in total. The molecule has 0 saturated heterocycles. The van der Waals surface area contributed by atoms with Crippen molar-refractivity contribution in [1.29, 1.82) is 0 Å². The van der Waals surface area contributed by atoms with Gasteiger partial charge in [-0.2, -0.15) is 0 Å². The number of benzene rings is 3. The maximum absolute atomic E-state index is 6.30. The third kappa shape index (κ3) is 3.58. The Hall–Kier alpha value is -4.24. The highest BCUT2D eigenvalue weighted by Gasteiger charge is 2.14. The van der Waals surface area contributed by atoms with Crippen molar-refractivity contribution in [2.45, 2.75) is 13.3 Å². The maximum atomic E-state index is 6.30.